The van der Waals surface area contributed by atoms with Crippen LogP contribution >= 0.6 is 0 Å². The molecule has 30 heavy (non-hydrogen) atoms. The van der Waals surface area contributed by atoms with E-state index in [4.69, 9.17) is 14.7 Å². The molecule has 1 aromatic heterocycles. The standard InChI is InChI=1S/C21H32N6O3/c1-26(2)12-20(6-7-20)13-30-18-24-16-10-22-8-4-15(16)17(25-18)21-5-3-14(9-23-11-21)27(21)19(28)29/h14,22-23H,3-13H2,1-2H3,(H,28,29). The first-order valence-electron chi connectivity index (χ1n) is 11.0. The van der Waals surface area contributed by atoms with Crippen molar-refractivity contribution in [3.8, 4) is 6.01 Å². The monoisotopic (exact) mass is 416 g/mol. The summed E-state index contributed by atoms with van der Waals surface area (Å²) < 4.78 is 6.17. The molecule has 3 N–H and O–H groups in total. The highest BCUT2D eigenvalue weighted by Crippen LogP contribution is 2.47. The molecule has 4 aliphatic rings. The van der Waals surface area contributed by atoms with Crippen molar-refractivity contribution in [1.29, 1.82) is 0 Å². The number of rotatable bonds is 6. The molecule has 0 spiro atoms. The number of carboxylic acid groups (broad SMARTS) is 1. The summed E-state index contributed by atoms with van der Waals surface area (Å²) in [5.74, 6) is 0. The van der Waals surface area contributed by atoms with Crippen molar-refractivity contribution in [1.82, 2.24) is 30.4 Å². The summed E-state index contributed by atoms with van der Waals surface area (Å²) in [6.07, 6.45) is 3.93. The zero-order chi connectivity index (χ0) is 20.9. The lowest BCUT2D eigenvalue weighted by atomic mass is 9.85. The topological polar surface area (TPSA) is 103 Å². The van der Waals surface area contributed by atoms with Gasteiger partial charge in [0.2, 0.25) is 0 Å². The fraction of sp³-hybridized carbons (Fsp3) is 0.762. The molecule has 4 heterocycles. The van der Waals surface area contributed by atoms with Gasteiger partial charge in [-0.1, -0.05) is 0 Å². The van der Waals surface area contributed by atoms with E-state index in [9.17, 15) is 9.90 Å². The van der Waals surface area contributed by atoms with Crippen LogP contribution in [0, 0.1) is 5.41 Å². The van der Waals surface area contributed by atoms with Crippen molar-refractivity contribution < 1.29 is 14.6 Å². The number of carbonyl (C=O) groups is 1. The Bertz CT molecular complexity index is 838. The highest BCUT2D eigenvalue weighted by molar-refractivity contribution is 5.68. The minimum Gasteiger partial charge on any atom is -0.465 e. The second-order valence-corrected chi connectivity index (χ2v) is 9.74. The number of fused-ring (bicyclic) bond motifs is 3. The van der Waals surface area contributed by atoms with Crippen LogP contribution < -0.4 is 15.4 Å². The van der Waals surface area contributed by atoms with Gasteiger partial charge in [-0.05, 0) is 52.7 Å². The Morgan fingerprint density at radius 1 is 1.30 bits per heavy atom. The molecular formula is C21H32N6O3. The molecule has 0 radical (unpaired) electrons. The number of piperazine rings is 1. The molecule has 9 nitrogen and oxygen atoms in total. The molecule has 3 fully saturated rings. The molecule has 1 aliphatic carbocycles. The molecule has 2 atom stereocenters. The van der Waals surface area contributed by atoms with Crippen molar-refractivity contribution in [3.05, 3.63) is 17.0 Å². The lowest BCUT2D eigenvalue weighted by molar-refractivity contribution is 0.0559. The Balaban J connectivity index is 1.50. The van der Waals surface area contributed by atoms with Crippen molar-refractivity contribution in [2.75, 3.05) is 46.9 Å². The lowest BCUT2D eigenvalue weighted by Crippen LogP contribution is -2.60. The van der Waals surface area contributed by atoms with Crippen molar-refractivity contribution in [3.63, 3.8) is 0 Å². The second-order valence-electron chi connectivity index (χ2n) is 9.74. The molecule has 2 bridgehead atoms. The smallest absolute Gasteiger partial charge is 0.408 e. The van der Waals surface area contributed by atoms with Gasteiger partial charge in [0.15, 0.2) is 0 Å². The Morgan fingerprint density at radius 2 is 2.13 bits per heavy atom. The third-order valence-corrected chi connectivity index (χ3v) is 7.19. The van der Waals surface area contributed by atoms with Crippen molar-refractivity contribution in [2.45, 2.75) is 50.2 Å². The van der Waals surface area contributed by atoms with E-state index in [0.29, 0.717) is 32.3 Å². The maximum atomic E-state index is 12.2. The molecule has 9 heteroatoms. The minimum absolute atomic E-state index is 0.00257. The van der Waals surface area contributed by atoms with E-state index in [1.165, 1.54) is 0 Å². The third kappa shape index (κ3) is 3.33. The Hall–Kier alpha value is -1.97. The highest BCUT2D eigenvalue weighted by Gasteiger charge is 2.55. The van der Waals surface area contributed by atoms with Gasteiger partial charge in [0.25, 0.3) is 0 Å². The van der Waals surface area contributed by atoms with Crippen LogP contribution in [0.15, 0.2) is 0 Å². The van der Waals surface area contributed by atoms with Crippen LogP contribution in [0.5, 0.6) is 6.01 Å². The van der Waals surface area contributed by atoms with Gasteiger partial charge in [-0.25, -0.2) is 4.79 Å². The van der Waals surface area contributed by atoms with E-state index in [2.05, 4.69) is 29.6 Å². The zero-order valence-electron chi connectivity index (χ0n) is 17.9. The summed E-state index contributed by atoms with van der Waals surface area (Å²) in [5, 5.41) is 16.9. The van der Waals surface area contributed by atoms with E-state index in [0.717, 1.165) is 62.1 Å². The fourth-order valence-electron chi connectivity index (χ4n) is 5.67. The van der Waals surface area contributed by atoms with Gasteiger partial charge in [0.05, 0.1) is 18.0 Å². The molecule has 2 saturated heterocycles. The fourth-order valence-corrected chi connectivity index (χ4v) is 5.67. The Kier molecular flexibility index (Phi) is 4.87. The van der Waals surface area contributed by atoms with Gasteiger partial charge in [0, 0.05) is 43.2 Å². The average molecular weight is 417 g/mol. The van der Waals surface area contributed by atoms with Gasteiger partial charge >= 0.3 is 12.1 Å². The maximum Gasteiger partial charge on any atom is 0.408 e. The quantitative estimate of drug-likeness (QED) is 0.625. The molecule has 5 rings (SSSR count). The van der Waals surface area contributed by atoms with Gasteiger partial charge in [0.1, 0.15) is 5.54 Å². The molecule has 164 valence electrons. The van der Waals surface area contributed by atoms with Crippen LogP contribution in [0.2, 0.25) is 0 Å². The van der Waals surface area contributed by atoms with Gasteiger partial charge in [-0.2, -0.15) is 9.97 Å². The largest absolute Gasteiger partial charge is 0.465 e. The number of hydrogen-bond donors (Lipinski definition) is 3. The van der Waals surface area contributed by atoms with E-state index < -0.39 is 11.6 Å². The van der Waals surface area contributed by atoms with Gasteiger partial charge < -0.3 is 25.4 Å². The van der Waals surface area contributed by atoms with Gasteiger partial charge in [-0.3, -0.25) is 4.90 Å². The molecule has 2 unspecified atom stereocenters. The van der Waals surface area contributed by atoms with Crippen LogP contribution in [-0.2, 0) is 18.5 Å². The number of ether oxygens (including phenoxy) is 1. The Labute approximate surface area is 177 Å². The van der Waals surface area contributed by atoms with Crippen molar-refractivity contribution >= 4 is 6.09 Å². The first-order chi connectivity index (χ1) is 14.4. The minimum atomic E-state index is -0.856. The normalized spacial score (nSPS) is 29.0. The lowest BCUT2D eigenvalue weighted by Gasteiger charge is -2.44. The van der Waals surface area contributed by atoms with Gasteiger partial charge in [-0.15, -0.1) is 0 Å². The predicted molar refractivity (Wildman–Crippen MR) is 111 cm³/mol. The number of nitrogens with one attached hydrogen (secondary N) is 2. The molecule has 0 aromatic carbocycles. The number of amides is 1. The zero-order valence-corrected chi connectivity index (χ0v) is 17.9. The molecular weight excluding hydrogens is 384 g/mol. The first kappa shape index (κ1) is 20.0. The molecule has 1 aromatic rings. The van der Waals surface area contributed by atoms with E-state index in [1.807, 2.05) is 0 Å². The Morgan fingerprint density at radius 3 is 2.87 bits per heavy atom. The SMILES string of the molecule is CN(C)CC1(COc2nc3c(c(C45CCC(CNC4)N5C(=O)O)n2)CCNC3)CC1. The van der Waals surface area contributed by atoms with Crippen LogP contribution in [0.1, 0.15) is 42.6 Å². The molecule has 1 saturated carbocycles. The number of hydrogen-bond acceptors (Lipinski definition) is 7. The second kappa shape index (κ2) is 7.32. The summed E-state index contributed by atoms with van der Waals surface area (Å²) in [4.78, 5) is 25.7. The summed E-state index contributed by atoms with van der Waals surface area (Å²) in [6.45, 7) is 4.43. The summed E-state index contributed by atoms with van der Waals surface area (Å²) in [6, 6.07) is 0.397. The average Bonchev–Trinajstić information content (AvgIpc) is 3.43. The van der Waals surface area contributed by atoms with Crippen LogP contribution in [0.3, 0.4) is 0 Å². The van der Waals surface area contributed by atoms with E-state index in [1.54, 1.807) is 4.90 Å². The molecule has 3 aliphatic heterocycles. The van der Waals surface area contributed by atoms with E-state index >= 15 is 0 Å². The molecule has 1 amide bonds. The maximum absolute atomic E-state index is 12.2. The summed E-state index contributed by atoms with van der Waals surface area (Å²) in [7, 11) is 4.18. The predicted octanol–water partition coefficient (Wildman–Crippen LogP) is 0.784. The number of nitrogens with zero attached hydrogens (tertiary/aromatic N) is 4. The van der Waals surface area contributed by atoms with E-state index in [-0.39, 0.29) is 11.5 Å². The first-order valence-corrected chi connectivity index (χ1v) is 11.0. The van der Waals surface area contributed by atoms with Crippen LogP contribution in [0.4, 0.5) is 4.79 Å². The number of aromatic nitrogens is 2. The third-order valence-electron chi connectivity index (χ3n) is 7.19. The summed E-state index contributed by atoms with van der Waals surface area (Å²) in [5.41, 5.74) is 2.48. The van der Waals surface area contributed by atoms with Crippen molar-refractivity contribution in [2.24, 2.45) is 5.41 Å². The highest BCUT2D eigenvalue weighted by atomic mass is 16.5. The van der Waals surface area contributed by atoms with Crippen LogP contribution in [-0.4, -0.2) is 83.9 Å². The summed E-state index contributed by atoms with van der Waals surface area (Å²) >= 11 is 0. The van der Waals surface area contributed by atoms with Crippen LogP contribution in [0.25, 0.3) is 0 Å².